The number of ether oxygens (including phenoxy) is 1. The number of carbonyl (C=O) groups is 1. The fourth-order valence-electron chi connectivity index (χ4n) is 2.19. The lowest BCUT2D eigenvalue weighted by Gasteiger charge is -2.10. The van der Waals surface area contributed by atoms with E-state index in [-0.39, 0.29) is 11.6 Å². The predicted octanol–water partition coefficient (Wildman–Crippen LogP) is 4.29. The predicted molar refractivity (Wildman–Crippen MR) is 86.3 cm³/mol. The van der Waals surface area contributed by atoms with Gasteiger partial charge in [0.15, 0.2) is 0 Å². The van der Waals surface area contributed by atoms with Crippen LogP contribution in [0.3, 0.4) is 0 Å². The van der Waals surface area contributed by atoms with Gasteiger partial charge >= 0.3 is 0 Å². The second-order valence-electron chi connectivity index (χ2n) is 5.21. The van der Waals surface area contributed by atoms with Crippen molar-refractivity contribution in [2.24, 2.45) is 0 Å². The Balaban J connectivity index is 2.49. The van der Waals surface area contributed by atoms with Crippen LogP contribution in [0.4, 0.5) is 11.4 Å². The lowest BCUT2D eigenvalue weighted by Crippen LogP contribution is -2.12. The number of hydrogen-bond donors (Lipinski definition) is 1. The van der Waals surface area contributed by atoms with Gasteiger partial charge in [0.1, 0.15) is 5.75 Å². The number of benzene rings is 1. The van der Waals surface area contributed by atoms with Crippen molar-refractivity contribution in [1.82, 2.24) is 0 Å². The second kappa shape index (κ2) is 9.76. The lowest BCUT2D eigenvalue weighted by atomic mass is 10.1. The summed E-state index contributed by atoms with van der Waals surface area (Å²) in [7, 11) is 1.46. The van der Waals surface area contributed by atoms with Crippen LogP contribution >= 0.6 is 0 Å². The fourth-order valence-corrected chi connectivity index (χ4v) is 2.19. The maximum Gasteiger partial charge on any atom is 0.271 e. The third-order valence-electron chi connectivity index (χ3n) is 3.43. The van der Waals surface area contributed by atoms with Crippen molar-refractivity contribution < 1.29 is 14.5 Å². The van der Waals surface area contributed by atoms with Crippen LogP contribution in [0.2, 0.25) is 0 Å². The molecule has 0 atom stereocenters. The molecule has 1 aromatic carbocycles. The van der Waals surface area contributed by atoms with Gasteiger partial charge in [-0.3, -0.25) is 14.9 Å². The molecule has 1 aromatic rings. The summed E-state index contributed by atoms with van der Waals surface area (Å²) >= 11 is 0. The van der Waals surface area contributed by atoms with Gasteiger partial charge in [0.25, 0.3) is 5.69 Å². The fraction of sp³-hybridized carbons (Fsp3) is 0.562. The van der Waals surface area contributed by atoms with Gasteiger partial charge in [-0.05, 0) is 12.5 Å². The summed E-state index contributed by atoms with van der Waals surface area (Å²) in [5, 5.41) is 13.5. The van der Waals surface area contributed by atoms with Gasteiger partial charge < -0.3 is 10.1 Å². The number of nitro benzene ring substituents is 1. The first-order valence-electron chi connectivity index (χ1n) is 7.70. The summed E-state index contributed by atoms with van der Waals surface area (Å²) in [6, 6.07) is 4.15. The van der Waals surface area contributed by atoms with E-state index in [9.17, 15) is 14.9 Å². The van der Waals surface area contributed by atoms with Gasteiger partial charge in [0.05, 0.1) is 17.7 Å². The molecule has 0 aromatic heterocycles. The Labute approximate surface area is 131 Å². The molecule has 0 radical (unpaired) electrons. The normalized spacial score (nSPS) is 10.3. The highest BCUT2D eigenvalue weighted by molar-refractivity contribution is 5.92. The van der Waals surface area contributed by atoms with Crippen LogP contribution in [0, 0.1) is 10.1 Å². The molecule has 0 aliphatic rings. The molecule has 6 heteroatoms. The summed E-state index contributed by atoms with van der Waals surface area (Å²) in [5.74, 6) is 0.274. The summed E-state index contributed by atoms with van der Waals surface area (Å²) in [6.45, 7) is 2.17. The SMILES string of the molecule is CCCCCCCCC(=O)Nc1cc([N+](=O)[O-])ccc1OC. The van der Waals surface area contributed by atoms with E-state index in [1.54, 1.807) is 0 Å². The van der Waals surface area contributed by atoms with E-state index in [4.69, 9.17) is 4.74 Å². The minimum atomic E-state index is -0.497. The molecule has 0 fully saturated rings. The Kier molecular flexibility index (Phi) is 7.96. The average Bonchev–Trinajstić information content (AvgIpc) is 2.50. The molecular weight excluding hydrogens is 284 g/mol. The van der Waals surface area contributed by atoms with Gasteiger partial charge in [-0.15, -0.1) is 0 Å². The molecular formula is C16H24N2O4. The maximum atomic E-state index is 11.9. The molecule has 22 heavy (non-hydrogen) atoms. The number of amides is 1. The van der Waals surface area contributed by atoms with E-state index in [2.05, 4.69) is 12.2 Å². The number of anilines is 1. The van der Waals surface area contributed by atoms with Crippen molar-refractivity contribution >= 4 is 17.3 Å². The summed E-state index contributed by atoms with van der Waals surface area (Å²) in [6.07, 6.45) is 7.05. The zero-order chi connectivity index (χ0) is 16.4. The van der Waals surface area contributed by atoms with Gasteiger partial charge in [-0.25, -0.2) is 0 Å². The molecule has 0 unspecified atom stereocenters. The number of nitrogens with one attached hydrogen (secondary N) is 1. The van der Waals surface area contributed by atoms with E-state index in [1.165, 1.54) is 44.6 Å². The van der Waals surface area contributed by atoms with Crippen LogP contribution in [0.15, 0.2) is 18.2 Å². The zero-order valence-electron chi connectivity index (χ0n) is 13.3. The van der Waals surface area contributed by atoms with E-state index in [0.717, 1.165) is 19.3 Å². The van der Waals surface area contributed by atoms with Gasteiger partial charge in [-0.1, -0.05) is 39.0 Å². The Hall–Kier alpha value is -2.11. The first kappa shape index (κ1) is 17.9. The molecule has 0 saturated carbocycles. The maximum absolute atomic E-state index is 11.9. The molecule has 1 amide bonds. The van der Waals surface area contributed by atoms with Crippen molar-refractivity contribution in [2.75, 3.05) is 12.4 Å². The third kappa shape index (κ3) is 6.11. The van der Waals surface area contributed by atoms with Crippen LogP contribution in [-0.2, 0) is 4.79 Å². The number of non-ortho nitro benzene ring substituents is 1. The van der Waals surface area contributed by atoms with E-state index in [0.29, 0.717) is 17.9 Å². The van der Waals surface area contributed by atoms with Crippen LogP contribution in [0.25, 0.3) is 0 Å². The van der Waals surface area contributed by atoms with E-state index < -0.39 is 4.92 Å². The number of methoxy groups -OCH3 is 1. The smallest absolute Gasteiger partial charge is 0.271 e. The summed E-state index contributed by atoms with van der Waals surface area (Å²) in [4.78, 5) is 22.2. The minimum Gasteiger partial charge on any atom is -0.495 e. The molecule has 122 valence electrons. The molecule has 0 aliphatic carbocycles. The van der Waals surface area contributed by atoms with Crippen molar-refractivity contribution in [3.63, 3.8) is 0 Å². The number of nitro groups is 1. The Morgan fingerprint density at radius 2 is 1.91 bits per heavy atom. The van der Waals surface area contributed by atoms with Crippen LogP contribution in [0.1, 0.15) is 51.9 Å². The molecule has 0 aliphatic heterocycles. The van der Waals surface area contributed by atoms with Crippen molar-refractivity contribution in [3.05, 3.63) is 28.3 Å². The first-order chi connectivity index (χ1) is 10.6. The Bertz CT molecular complexity index is 503. The highest BCUT2D eigenvalue weighted by atomic mass is 16.6. The molecule has 0 saturated heterocycles. The van der Waals surface area contributed by atoms with Gasteiger partial charge in [-0.2, -0.15) is 0 Å². The van der Waals surface area contributed by atoms with Gasteiger partial charge in [0, 0.05) is 18.6 Å². The molecule has 0 bridgehead atoms. The number of unbranched alkanes of at least 4 members (excludes halogenated alkanes) is 5. The van der Waals surface area contributed by atoms with E-state index >= 15 is 0 Å². The average molecular weight is 308 g/mol. The quantitative estimate of drug-likeness (QED) is 0.397. The monoisotopic (exact) mass is 308 g/mol. The van der Waals surface area contributed by atoms with E-state index in [1.807, 2.05) is 0 Å². The third-order valence-corrected chi connectivity index (χ3v) is 3.43. The van der Waals surface area contributed by atoms with Crippen molar-refractivity contribution in [3.8, 4) is 5.75 Å². The highest BCUT2D eigenvalue weighted by Crippen LogP contribution is 2.29. The Morgan fingerprint density at radius 1 is 1.23 bits per heavy atom. The molecule has 1 rings (SSSR count). The number of carbonyl (C=O) groups excluding carboxylic acids is 1. The highest BCUT2D eigenvalue weighted by Gasteiger charge is 2.13. The standard InChI is InChI=1S/C16H24N2O4/c1-3-4-5-6-7-8-9-16(19)17-14-12-13(18(20)21)10-11-15(14)22-2/h10-12H,3-9H2,1-2H3,(H,17,19). The summed E-state index contributed by atoms with van der Waals surface area (Å²) in [5.41, 5.74) is 0.267. The van der Waals surface area contributed by atoms with Gasteiger partial charge in [0.2, 0.25) is 5.91 Å². The zero-order valence-corrected chi connectivity index (χ0v) is 13.3. The lowest BCUT2D eigenvalue weighted by molar-refractivity contribution is -0.384. The van der Waals surface area contributed by atoms with Crippen LogP contribution in [0.5, 0.6) is 5.75 Å². The summed E-state index contributed by atoms with van der Waals surface area (Å²) < 4.78 is 5.11. The molecule has 0 spiro atoms. The number of rotatable bonds is 10. The second-order valence-corrected chi connectivity index (χ2v) is 5.21. The number of nitrogens with zero attached hydrogens (tertiary/aromatic N) is 1. The first-order valence-corrected chi connectivity index (χ1v) is 7.70. The van der Waals surface area contributed by atoms with Crippen LogP contribution < -0.4 is 10.1 Å². The molecule has 0 heterocycles. The number of hydrogen-bond acceptors (Lipinski definition) is 4. The van der Waals surface area contributed by atoms with Crippen molar-refractivity contribution in [2.45, 2.75) is 51.9 Å². The molecule has 6 nitrogen and oxygen atoms in total. The molecule has 1 N–H and O–H groups in total. The minimum absolute atomic E-state index is 0.0735. The Morgan fingerprint density at radius 3 is 2.55 bits per heavy atom. The largest absolute Gasteiger partial charge is 0.495 e. The van der Waals surface area contributed by atoms with Crippen molar-refractivity contribution in [1.29, 1.82) is 0 Å². The van der Waals surface area contributed by atoms with Crippen LogP contribution in [-0.4, -0.2) is 17.9 Å². The topological polar surface area (TPSA) is 81.5 Å².